The third kappa shape index (κ3) is 5.12. The Bertz CT molecular complexity index is 1590. The lowest BCUT2D eigenvalue weighted by molar-refractivity contribution is 0.612. The molecule has 6 rings (SSSR count). The van der Waals surface area contributed by atoms with Crippen LogP contribution in [0, 0.1) is 0 Å². The number of benzene rings is 2. The van der Waals surface area contributed by atoms with E-state index in [1.807, 2.05) is 24.3 Å². The molecule has 2 aromatic carbocycles. The van der Waals surface area contributed by atoms with E-state index in [4.69, 9.17) is 17.7 Å². The molecule has 0 aliphatic rings. The van der Waals surface area contributed by atoms with Crippen LogP contribution in [0.15, 0.2) is 78.7 Å². The molecule has 0 spiro atoms. The van der Waals surface area contributed by atoms with Crippen molar-refractivity contribution in [1.29, 1.82) is 0 Å². The molecule has 236 valence electrons. The second-order valence-electron chi connectivity index (χ2n) is 14.7. The Kier molecular flexibility index (Phi) is 8.91. The Labute approximate surface area is 265 Å². The zero-order chi connectivity index (χ0) is 32.1. The van der Waals surface area contributed by atoms with Crippen molar-refractivity contribution in [2.45, 2.75) is 116 Å². The standard InChI is InChI=1S/C28H46O2Si2.C10H6O2/c1-17(2)31(18(3)4,19(5)6)27-15-23-13-26-24(14-25(23)29-27)16-28(30-26)32(20(7)8,21(9)10)22(11)12;1-3-11-9-6-8-2-4-12-10(8)5-7(1)9/h13-22H,1-12H3;1-6H. The summed E-state index contributed by atoms with van der Waals surface area (Å²) in [5.41, 5.74) is 7.64. The van der Waals surface area contributed by atoms with Crippen molar-refractivity contribution in [3.05, 3.63) is 61.1 Å². The van der Waals surface area contributed by atoms with Crippen molar-refractivity contribution >= 4 is 70.8 Å². The fourth-order valence-corrected chi connectivity index (χ4v) is 21.9. The van der Waals surface area contributed by atoms with Crippen LogP contribution in [0.4, 0.5) is 0 Å². The molecule has 6 heteroatoms. The zero-order valence-electron chi connectivity index (χ0n) is 28.9. The lowest BCUT2D eigenvalue weighted by Gasteiger charge is -2.41. The number of rotatable bonds is 8. The first-order valence-corrected chi connectivity index (χ1v) is 21.0. The molecule has 0 bridgehead atoms. The van der Waals surface area contributed by atoms with Gasteiger partial charge in [0.15, 0.2) is 0 Å². The van der Waals surface area contributed by atoms with Crippen LogP contribution in [0.1, 0.15) is 83.1 Å². The van der Waals surface area contributed by atoms with Crippen molar-refractivity contribution in [1.82, 2.24) is 0 Å². The summed E-state index contributed by atoms with van der Waals surface area (Å²) in [5.74, 6) is 0. The van der Waals surface area contributed by atoms with E-state index in [-0.39, 0.29) is 0 Å². The minimum atomic E-state index is -1.82. The molecular weight excluding hydrogens is 577 g/mol. The molecule has 6 aromatic rings. The second-order valence-corrected chi connectivity index (χ2v) is 26.4. The lowest BCUT2D eigenvalue weighted by atomic mass is 10.2. The zero-order valence-corrected chi connectivity index (χ0v) is 30.9. The molecule has 4 nitrogen and oxygen atoms in total. The third-order valence-electron chi connectivity index (χ3n) is 10.8. The van der Waals surface area contributed by atoms with Crippen molar-refractivity contribution in [2.24, 2.45) is 0 Å². The van der Waals surface area contributed by atoms with Crippen LogP contribution in [-0.4, -0.2) is 16.1 Å². The summed E-state index contributed by atoms with van der Waals surface area (Å²) in [5, 5.41) is 7.07. The quantitative estimate of drug-likeness (QED) is 0.157. The van der Waals surface area contributed by atoms with Crippen molar-refractivity contribution < 1.29 is 17.7 Å². The highest BCUT2D eigenvalue weighted by molar-refractivity contribution is 6.94. The van der Waals surface area contributed by atoms with Gasteiger partial charge in [-0.1, -0.05) is 83.1 Å². The Morgan fingerprint density at radius 2 is 0.682 bits per heavy atom. The number of furan rings is 4. The molecule has 4 heterocycles. The molecule has 0 fully saturated rings. The summed E-state index contributed by atoms with van der Waals surface area (Å²) in [6.07, 6.45) is 3.37. The number of hydrogen-bond acceptors (Lipinski definition) is 4. The van der Waals surface area contributed by atoms with Crippen LogP contribution >= 0.6 is 0 Å². The van der Waals surface area contributed by atoms with Crippen LogP contribution in [-0.2, 0) is 0 Å². The summed E-state index contributed by atoms with van der Waals surface area (Å²) < 4.78 is 23.9. The molecule has 44 heavy (non-hydrogen) atoms. The van der Waals surface area contributed by atoms with Crippen molar-refractivity contribution in [2.75, 3.05) is 0 Å². The Morgan fingerprint density at radius 1 is 0.386 bits per heavy atom. The van der Waals surface area contributed by atoms with Gasteiger partial charge in [0, 0.05) is 21.5 Å². The van der Waals surface area contributed by atoms with E-state index in [0.29, 0.717) is 33.2 Å². The third-order valence-corrected chi connectivity index (χ3v) is 24.4. The van der Waals surface area contributed by atoms with Gasteiger partial charge in [0.05, 0.1) is 23.3 Å². The summed E-state index contributed by atoms with van der Waals surface area (Å²) in [6.45, 7) is 28.7. The molecule has 0 aliphatic heterocycles. The second kappa shape index (κ2) is 12.1. The van der Waals surface area contributed by atoms with E-state index in [0.717, 1.165) is 33.1 Å². The number of hydrogen-bond donors (Lipinski definition) is 0. The first-order valence-electron chi connectivity index (χ1n) is 16.6. The highest BCUT2D eigenvalue weighted by atomic mass is 28.3. The van der Waals surface area contributed by atoms with E-state index in [2.05, 4.69) is 107 Å². The fourth-order valence-electron chi connectivity index (χ4n) is 9.12. The van der Waals surface area contributed by atoms with E-state index in [9.17, 15) is 0 Å². The Hall–Kier alpha value is -2.97. The van der Waals surface area contributed by atoms with Gasteiger partial charge in [-0.2, -0.15) is 0 Å². The summed E-state index contributed by atoms with van der Waals surface area (Å²) in [4.78, 5) is 0. The molecule has 0 aliphatic carbocycles. The van der Waals surface area contributed by atoms with E-state index >= 15 is 0 Å². The van der Waals surface area contributed by atoms with Crippen LogP contribution < -0.4 is 10.8 Å². The maximum absolute atomic E-state index is 6.69. The van der Waals surface area contributed by atoms with Crippen molar-refractivity contribution in [3.63, 3.8) is 0 Å². The predicted molar refractivity (Wildman–Crippen MR) is 193 cm³/mol. The van der Waals surface area contributed by atoms with Gasteiger partial charge in [-0.15, -0.1) is 0 Å². The Morgan fingerprint density at radius 3 is 0.977 bits per heavy atom. The first-order chi connectivity index (χ1) is 20.7. The predicted octanol–water partition coefficient (Wildman–Crippen LogP) is 12.1. The van der Waals surface area contributed by atoms with Crippen LogP contribution in [0.2, 0.25) is 33.2 Å². The average Bonchev–Trinajstić information content (AvgIpc) is 3.71. The monoisotopic (exact) mass is 628 g/mol. The van der Waals surface area contributed by atoms with Gasteiger partial charge in [-0.25, -0.2) is 0 Å². The van der Waals surface area contributed by atoms with Gasteiger partial charge in [-0.3, -0.25) is 0 Å². The van der Waals surface area contributed by atoms with Gasteiger partial charge >= 0.3 is 0 Å². The maximum atomic E-state index is 6.69. The number of fused-ring (bicyclic) bond motifs is 4. The largest absolute Gasteiger partial charge is 0.466 e. The van der Waals surface area contributed by atoms with Gasteiger partial charge in [0.2, 0.25) is 0 Å². The SMILES string of the molecule is CC(C)[Si](c1cc2cc3oc([Si](C(C)C)(C(C)C)C(C)C)cc3cc2o1)(C(C)C)C(C)C.c1cc2cc3occc3cc2o1. The minimum absolute atomic E-state index is 0.632. The summed E-state index contributed by atoms with van der Waals surface area (Å²) in [7, 11) is -3.64. The van der Waals surface area contributed by atoms with Gasteiger partial charge in [0.1, 0.15) is 38.5 Å². The fraction of sp³-hybridized carbons (Fsp3) is 0.474. The molecular formula is C38H52O4Si2. The topological polar surface area (TPSA) is 52.6 Å². The van der Waals surface area contributed by atoms with E-state index in [1.165, 1.54) is 21.5 Å². The smallest absolute Gasteiger partial charge is 0.140 e. The van der Waals surface area contributed by atoms with E-state index in [1.54, 1.807) is 12.5 Å². The molecule has 0 amide bonds. The molecule has 0 atom stereocenters. The van der Waals surface area contributed by atoms with Crippen molar-refractivity contribution in [3.8, 4) is 0 Å². The summed E-state index contributed by atoms with van der Waals surface area (Å²) in [6, 6.07) is 17.0. The van der Waals surface area contributed by atoms with Crippen LogP contribution in [0.3, 0.4) is 0 Å². The highest BCUT2D eigenvalue weighted by Crippen LogP contribution is 2.44. The maximum Gasteiger partial charge on any atom is 0.140 e. The van der Waals surface area contributed by atoms with Gasteiger partial charge < -0.3 is 17.7 Å². The van der Waals surface area contributed by atoms with Crippen LogP contribution in [0.25, 0.3) is 43.9 Å². The van der Waals surface area contributed by atoms with Gasteiger partial charge in [0.25, 0.3) is 0 Å². The van der Waals surface area contributed by atoms with Gasteiger partial charge in [-0.05, 0) is 81.8 Å². The molecule has 0 saturated carbocycles. The molecule has 0 unspecified atom stereocenters. The Balaban J connectivity index is 0.000000262. The summed E-state index contributed by atoms with van der Waals surface area (Å²) >= 11 is 0. The van der Waals surface area contributed by atoms with E-state index < -0.39 is 16.1 Å². The first kappa shape index (κ1) is 32.4. The van der Waals surface area contributed by atoms with Crippen LogP contribution in [0.5, 0.6) is 0 Å². The molecule has 0 radical (unpaired) electrons. The molecule has 4 aromatic heterocycles. The minimum Gasteiger partial charge on any atom is -0.466 e. The lowest BCUT2D eigenvalue weighted by Crippen LogP contribution is -2.55. The molecule has 0 saturated heterocycles. The molecule has 0 N–H and O–H groups in total. The normalized spacial score (nSPS) is 13.3. The average molecular weight is 629 g/mol. The highest BCUT2D eigenvalue weighted by Gasteiger charge is 2.48.